The minimum absolute atomic E-state index is 0.411. The second-order valence-corrected chi connectivity index (χ2v) is 4.16. The van der Waals surface area contributed by atoms with Gasteiger partial charge in [0.1, 0.15) is 6.79 Å². The molecule has 0 bridgehead atoms. The predicted octanol–water partition coefficient (Wildman–Crippen LogP) is 0.770. The Bertz CT molecular complexity index is 315. The first kappa shape index (κ1) is 15.6. The van der Waals surface area contributed by atoms with Gasteiger partial charge in [-0.2, -0.15) is 17.6 Å². The van der Waals surface area contributed by atoms with Crippen molar-refractivity contribution in [3.8, 4) is 0 Å². The molecule has 98 valence electrons. The summed E-state index contributed by atoms with van der Waals surface area (Å²) in [4.78, 5) is 0. The van der Waals surface area contributed by atoms with E-state index < -0.39 is 41.1 Å². The molecule has 0 aliphatic carbocycles. The van der Waals surface area contributed by atoms with Crippen LogP contribution in [0.5, 0.6) is 0 Å². The summed E-state index contributed by atoms with van der Waals surface area (Å²) < 4.78 is 88.7. The van der Waals surface area contributed by atoms with Crippen molar-refractivity contribution in [1.82, 2.24) is 0 Å². The van der Waals surface area contributed by atoms with Gasteiger partial charge < -0.3 is 14.0 Å². The van der Waals surface area contributed by atoms with Gasteiger partial charge in [-0.25, -0.2) is 8.42 Å². The second-order valence-electron chi connectivity index (χ2n) is 2.74. The topological polar surface area (TPSA) is 75.7 Å². The number of rotatable bonds is 7. The molecule has 0 aromatic heterocycles. The molecule has 0 saturated heterocycles. The van der Waals surface area contributed by atoms with Crippen LogP contribution in [-0.2, 0) is 19.6 Å². The summed E-state index contributed by atoms with van der Waals surface area (Å²) >= 11 is 0. The van der Waals surface area contributed by atoms with Gasteiger partial charge in [-0.15, -0.1) is 0 Å². The Hall–Kier alpha value is -0.450. The van der Waals surface area contributed by atoms with Crippen LogP contribution in [0.1, 0.15) is 6.42 Å². The molecule has 0 aliphatic heterocycles. The average molecular weight is 269 g/mol. The lowest BCUT2D eigenvalue weighted by atomic mass is 10.2. The van der Waals surface area contributed by atoms with Gasteiger partial charge in [0.05, 0.1) is 6.61 Å². The van der Waals surface area contributed by atoms with Crippen molar-refractivity contribution >= 4 is 10.1 Å². The molecule has 16 heavy (non-hydrogen) atoms. The molecule has 0 aromatic rings. The summed E-state index contributed by atoms with van der Waals surface area (Å²) in [6.07, 6.45) is -1.61. The summed E-state index contributed by atoms with van der Waals surface area (Å²) in [5.74, 6) is -4.98. The Morgan fingerprint density at radius 1 is 1.25 bits per heavy atom. The van der Waals surface area contributed by atoms with Crippen LogP contribution in [0.2, 0.25) is 0 Å². The molecule has 0 unspecified atom stereocenters. The Labute approximate surface area is 89.1 Å². The third-order valence-electron chi connectivity index (χ3n) is 1.50. The predicted molar refractivity (Wildman–Crippen MR) is 42.0 cm³/mol. The normalized spacial score (nSPS) is 14.1. The fraction of sp³-hybridized carbons (Fsp3) is 1.00. The van der Waals surface area contributed by atoms with Gasteiger partial charge in [-0.05, 0) is 0 Å². The van der Waals surface area contributed by atoms with Gasteiger partial charge in [-0.3, -0.25) is 0 Å². The van der Waals surface area contributed by atoms with Crippen molar-refractivity contribution in [1.29, 1.82) is 0 Å². The molecular weight excluding hydrogens is 260 g/mol. The van der Waals surface area contributed by atoms with E-state index in [1.165, 1.54) is 7.11 Å². The number of halogens is 4. The molecule has 0 heterocycles. The van der Waals surface area contributed by atoms with Gasteiger partial charge in [0.2, 0.25) is 0 Å². The summed E-state index contributed by atoms with van der Waals surface area (Å²) in [5.41, 5.74) is 0. The second kappa shape index (κ2) is 5.25. The maximum Gasteiger partial charge on any atom is 0.396 e. The molecule has 0 aromatic carbocycles. The number of hydrogen-bond acceptors (Lipinski definition) is 5. The third-order valence-corrected chi connectivity index (χ3v) is 2.43. The first-order valence-corrected chi connectivity index (χ1v) is 5.25. The smallest absolute Gasteiger partial charge is 0.396 e. The highest BCUT2D eigenvalue weighted by Crippen LogP contribution is 2.40. The quantitative estimate of drug-likeness (QED) is 0.295. The van der Waals surface area contributed by atoms with Gasteiger partial charge in [0.15, 0.2) is 10.1 Å². The van der Waals surface area contributed by atoms with Gasteiger partial charge in [-0.1, -0.05) is 0 Å². The van der Waals surface area contributed by atoms with E-state index in [1.54, 1.807) is 0 Å². The fourth-order valence-corrected chi connectivity index (χ4v) is 1.14. The van der Waals surface area contributed by atoms with Crippen LogP contribution in [0.25, 0.3) is 0 Å². The molecule has 0 saturated carbocycles. The third kappa shape index (κ3) is 3.54. The summed E-state index contributed by atoms with van der Waals surface area (Å²) in [6, 6.07) is 0. The number of ether oxygens (including phenoxy) is 2. The van der Waals surface area contributed by atoms with Gasteiger partial charge in [0, 0.05) is 13.5 Å². The van der Waals surface area contributed by atoms with Crippen molar-refractivity contribution < 1.29 is 40.0 Å². The van der Waals surface area contributed by atoms with Crippen molar-refractivity contribution in [2.24, 2.45) is 0 Å². The number of hydrogen-bond donors (Lipinski definition) is 0. The molecule has 0 amide bonds. The monoisotopic (exact) mass is 269 g/mol. The molecule has 5 nitrogen and oxygen atoms in total. The van der Waals surface area contributed by atoms with Crippen LogP contribution in [0.15, 0.2) is 0 Å². The zero-order chi connectivity index (χ0) is 13.0. The highest BCUT2D eigenvalue weighted by molar-refractivity contribution is 7.86. The number of alkyl halides is 4. The Morgan fingerprint density at radius 2 is 1.75 bits per heavy atom. The van der Waals surface area contributed by atoms with E-state index in [0.29, 0.717) is 0 Å². The Morgan fingerprint density at radius 3 is 2.12 bits per heavy atom. The highest BCUT2D eigenvalue weighted by Gasteiger charge is 2.61. The summed E-state index contributed by atoms with van der Waals surface area (Å²) in [6.45, 7) is -1.28. The SMILES string of the molecule is COCOCCC(F)(F)C(F)(F)S(=O)(=O)[O-]. The van der Waals surface area contributed by atoms with E-state index in [2.05, 4.69) is 9.47 Å². The van der Waals surface area contributed by atoms with E-state index in [4.69, 9.17) is 0 Å². The van der Waals surface area contributed by atoms with Crippen LogP contribution >= 0.6 is 0 Å². The maximum atomic E-state index is 12.7. The molecule has 0 spiro atoms. The zero-order valence-corrected chi connectivity index (χ0v) is 8.90. The van der Waals surface area contributed by atoms with Crippen molar-refractivity contribution in [2.45, 2.75) is 17.6 Å². The van der Waals surface area contributed by atoms with Crippen molar-refractivity contribution in [2.75, 3.05) is 20.5 Å². The van der Waals surface area contributed by atoms with E-state index in [9.17, 15) is 30.5 Å². The standard InChI is InChI=1S/C6H10F4O5S/c1-14-4-15-3-2-5(7,8)6(9,10)16(11,12)13/h2-4H2,1H3,(H,11,12,13)/p-1. The highest BCUT2D eigenvalue weighted by atomic mass is 32.2. The van der Waals surface area contributed by atoms with Crippen LogP contribution in [0, 0.1) is 0 Å². The van der Waals surface area contributed by atoms with Crippen LogP contribution < -0.4 is 0 Å². The maximum absolute atomic E-state index is 12.7. The van der Waals surface area contributed by atoms with Crippen molar-refractivity contribution in [3.63, 3.8) is 0 Å². The Kier molecular flexibility index (Phi) is 5.11. The fourth-order valence-electron chi connectivity index (χ4n) is 0.671. The zero-order valence-electron chi connectivity index (χ0n) is 8.08. The van der Waals surface area contributed by atoms with E-state index in [1.807, 2.05) is 0 Å². The van der Waals surface area contributed by atoms with Crippen LogP contribution in [0.3, 0.4) is 0 Å². The van der Waals surface area contributed by atoms with Crippen LogP contribution in [0.4, 0.5) is 17.6 Å². The summed E-state index contributed by atoms with van der Waals surface area (Å²) in [5, 5.41) is -5.66. The molecular formula is C6H9F4O5S-. The molecule has 10 heteroatoms. The van der Waals surface area contributed by atoms with E-state index in [0.717, 1.165) is 0 Å². The number of methoxy groups -OCH3 is 1. The molecule has 0 rings (SSSR count). The first-order chi connectivity index (χ1) is 7.06. The Balaban J connectivity index is 4.54. The van der Waals surface area contributed by atoms with E-state index >= 15 is 0 Å². The van der Waals surface area contributed by atoms with Crippen LogP contribution in [-0.4, -0.2) is 44.7 Å². The lowest BCUT2D eigenvalue weighted by Crippen LogP contribution is -2.47. The molecule has 0 fully saturated rings. The molecule has 0 aliphatic rings. The largest absolute Gasteiger partial charge is 0.743 e. The lowest BCUT2D eigenvalue weighted by molar-refractivity contribution is -0.175. The average Bonchev–Trinajstić information content (AvgIpc) is 2.10. The molecule has 0 radical (unpaired) electrons. The van der Waals surface area contributed by atoms with Gasteiger partial charge in [0.25, 0.3) is 0 Å². The van der Waals surface area contributed by atoms with Gasteiger partial charge >= 0.3 is 11.2 Å². The van der Waals surface area contributed by atoms with E-state index in [-0.39, 0.29) is 0 Å². The molecule has 0 atom stereocenters. The first-order valence-electron chi connectivity index (χ1n) is 3.84. The minimum atomic E-state index is -6.42. The summed E-state index contributed by atoms with van der Waals surface area (Å²) in [7, 11) is -5.25. The van der Waals surface area contributed by atoms with Crippen molar-refractivity contribution in [3.05, 3.63) is 0 Å². The lowest BCUT2D eigenvalue weighted by Gasteiger charge is -2.28. The minimum Gasteiger partial charge on any atom is -0.743 e. The molecule has 0 N–H and O–H groups in total.